The van der Waals surface area contributed by atoms with Gasteiger partial charge in [0, 0.05) is 4.88 Å². The average Bonchev–Trinajstić information content (AvgIpc) is 3.30. The molecule has 0 bridgehead atoms. The number of aliphatic hydroxyl groups is 1. The van der Waals surface area contributed by atoms with Crippen LogP contribution in [0.3, 0.4) is 0 Å². The van der Waals surface area contributed by atoms with Gasteiger partial charge in [0.2, 0.25) is 0 Å². The fourth-order valence-corrected chi connectivity index (χ4v) is 3.71. The highest BCUT2D eigenvalue weighted by Crippen LogP contribution is 2.31. The number of benzene rings is 1. The second kappa shape index (κ2) is 5.60. The number of aromatic nitrogens is 5. The molecule has 116 valence electrons. The number of aryl methyl sites for hydroxylation is 1. The zero-order valence-electron chi connectivity index (χ0n) is 12.5. The Hall–Kier alpha value is -2.51. The molecule has 0 saturated carbocycles. The van der Waals surface area contributed by atoms with E-state index in [-0.39, 0.29) is 0 Å². The Kier molecular flexibility index (Phi) is 3.44. The molecule has 23 heavy (non-hydrogen) atoms. The van der Waals surface area contributed by atoms with Gasteiger partial charge in [0.25, 0.3) is 0 Å². The lowest BCUT2D eigenvalue weighted by atomic mass is 10.1. The van der Waals surface area contributed by atoms with Gasteiger partial charge in [-0.15, -0.1) is 16.4 Å². The molecule has 0 saturated heterocycles. The molecule has 0 spiro atoms. The van der Waals surface area contributed by atoms with Crippen LogP contribution in [0.4, 0.5) is 0 Å². The molecule has 4 rings (SSSR count). The van der Waals surface area contributed by atoms with Gasteiger partial charge in [-0.1, -0.05) is 30.3 Å². The monoisotopic (exact) mass is 325 g/mol. The topological polar surface area (TPSA) is 68.2 Å². The summed E-state index contributed by atoms with van der Waals surface area (Å²) in [5.74, 6) is 0. The third-order valence-corrected chi connectivity index (χ3v) is 5.03. The Labute approximate surface area is 136 Å². The molecule has 0 fully saturated rings. The summed E-state index contributed by atoms with van der Waals surface area (Å²) in [4.78, 5) is 6.30. The highest BCUT2D eigenvalue weighted by atomic mass is 32.1. The van der Waals surface area contributed by atoms with E-state index in [1.165, 1.54) is 0 Å². The Bertz CT molecular complexity index is 940. The molecule has 1 N–H and O–H groups in total. The number of rotatable bonds is 4. The molecule has 6 nitrogen and oxygen atoms in total. The zero-order chi connectivity index (χ0) is 15.8. The number of imidazole rings is 1. The van der Waals surface area contributed by atoms with Crippen molar-refractivity contribution in [2.75, 3.05) is 0 Å². The van der Waals surface area contributed by atoms with Crippen molar-refractivity contribution in [2.24, 2.45) is 0 Å². The minimum absolute atomic E-state index is 0.525. The lowest BCUT2D eigenvalue weighted by Gasteiger charge is -2.08. The van der Waals surface area contributed by atoms with Crippen molar-refractivity contribution in [2.45, 2.75) is 19.4 Å². The fourth-order valence-electron chi connectivity index (χ4n) is 2.64. The van der Waals surface area contributed by atoms with E-state index in [0.717, 1.165) is 27.5 Å². The molecular weight excluding hydrogens is 310 g/mol. The van der Waals surface area contributed by atoms with Crippen LogP contribution in [0.15, 0.2) is 49.1 Å². The van der Waals surface area contributed by atoms with Crippen LogP contribution in [-0.4, -0.2) is 29.5 Å². The molecule has 0 radical (unpaired) electrons. The normalized spacial score (nSPS) is 12.8. The van der Waals surface area contributed by atoms with E-state index in [4.69, 9.17) is 0 Å². The maximum Gasteiger partial charge on any atom is 0.141 e. The minimum atomic E-state index is -0.828. The number of aliphatic hydroxyl groups excluding tert-OH is 1. The number of nitrogens with zero attached hydrogens (tertiary/aromatic N) is 5. The van der Waals surface area contributed by atoms with Crippen molar-refractivity contribution >= 4 is 16.2 Å². The van der Waals surface area contributed by atoms with Crippen molar-refractivity contribution in [3.8, 4) is 5.69 Å². The molecule has 0 aliphatic heterocycles. The van der Waals surface area contributed by atoms with E-state index in [0.29, 0.717) is 5.69 Å². The highest BCUT2D eigenvalue weighted by molar-refractivity contribution is 7.17. The predicted molar refractivity (Wildman–Crippen MR) is 87.9 cm³/mol. The molecule has 1 atom stereocenters. The van der Waals surface area contributed by atoms with E-state index >= 15 is 0 Å². The van der Waals surface area contributed by atoms with Crippen LogP contribution >= 0.6 is 11.3 Å². The van der Waals surface area contributed by atoms with Gasteiger partial charge in [0.15, 0.2) is 0 Å². The summed E-state index contributed by atoms with van der Waals surface area (Å²) < 4.78 is 3.59. The van der Waals surface area contributed by atoms with Gasteiger partial charge in [0.1, 0.15) is 23.0 Å². The maximum atomic E-state index is 10.8. The molecule has 3 heterocycles. The first-order valence-electron chi connectivity index (χ1n) is 7.37. The Morgan fingerprint density at radius 2 is 2.09 bits per heavy atom. The predicted octanol–water partition coefficient (Wildman–Crippen LogP) is 2.62. The molecule has 0 aliphatic rings. The van der Waals surface area contributed by atoms with E-state index in [1.807, 2.05) is 34.7 Å². The Morgan fingerprint density at radius 1 is 1.26 bits per heavy atom. The lowest BCUT2D eigenvalue weighted by Crippen LogP contribution is -2.06. The van der Waals surface area contributed by atoms with E-state index in [9.17, 15) is 5.11 Å². The first-order chi connectivity index (χ1) is 11.3. The van der Waals surface area contributed by atoms with Crippen LogP contribution in [-0.2, 0) is 6.42 Å². The quantitative estimate of drug-likeness (QED) is 0.626. The average molecular weight is 325 g/mol. The molecule has 1 unspecified atom stereocenters. The van der Waals surface area contributed by atoms with Gasteiger partial charge >= 0.3 is 0 Å². The van der Waals surface area contributed by atoms with E-state index in [1.54, 1.807) is 34.7 Å². The first kappa shape index (κ1) is 14.1. The van der Waals surface area contributed by atoms with Crippen LogP contribution in [0.5, 0.6) is 0 Å². The van der Waals surface area contributed by atoms with Gasteiger partial charge in [-0.05, 0) is 18.6 Å². The van der Waals surface area contributed by atoms with Crippen LogP contribution in [0.2, 0.25) is 0 Å². The molecule has 4 aromatic rings. The van der Waals surface area contributed by atoms with Gasteiger partial charge < -0.3 is 5.11 Å². The molecular formula is C16H15N5OS. The number of hydrogen-bond donors (Lipinski definition) is 1. The zero-order valence-corrected chi connectivity index (χ0v) is 13.3. The Balaban J connectivity index is 1.75. The smallest absolute Gasteiger partial charge is 0.141 e. The van der Waals surface area contributed by atoms with Gasteiger partial charge in [-0.3, -0.25) is 4.40 Å². The van der Waals surface area contributed by atoms with E-state index < -0.39 is 6.10 Å². The number of thiazole rings is 1. The fraction of sp³-hybridized carbons (Fsp3) is 0.188. The van der Waals surface area contributed by atoms with Crippen LogP contribution in [0.25, 0.3) is 10.5 Å². The molecule has 1 aromatic carbocycles. The van der Waals surface area contributed by atoms with Crippen molar-refractivity contribution in [3.05, 3.63) is 65.3 Å². The van der Waals surface area contributed by atoms with Crippen LogP contribution in [0.1, 0.15) is 29.3 Å². The third kappa shape index (κ3) is 2.34. The first-order valence-corrected chi connectivity index (χ1v) is 8.19. The van der Waals surface area contributed by atoms with Crippen molar-refractivity contribution in [3.63, 3.8) is 0 Å². The van der Waals surface area contributed by atoms with Crippen molar-refractivity contribution < 1.29 is 5.11 Å². The largest absolute Gasteiger partial charge is 0.380 e. The summed E-state index contributed by atoms with van der Waals surface area (Å²) in [5, 5.41) is 19.1. The number of fused-ring (bicyclic) bond motifs is 1. The number of hydrogen-bond acceptors (Lipinski definition) is 5. The standard InChI is InChI=1S/C16H15N5OS/c1-2-13-15(20-10-17-8-14(20)23-13)16(22)12-9-21(19-18-12)11-6-4-3-5-7-11/h3-10,16,22H,2H2,1H3. The molecule has 0 aliphatic carbocycles. The second-order valence-corrected chi connectivity index (χ2v) is 6.31. The summed E-state index contributed by atoms with van der Waals surface area (Å²) in [5.41, 5.74) is 2.26. The minimum Gasteiger partial charge on any atom is -0.380 e. The highest BCUT2D eigenvalue weighted by Gasteiger charge is 2.23. The lowest BCUT2D eigenvalue weighted by molar-refractivity contribution is 0.208. The van der Waals surface area contributed by atoms with Crippen molar-refractivity contribution in [1.29, 1.82) is 0 Å². The van der Waals surface area contributed by atoms with Gasteiger partial charge in [0.05, 0.1) is 23.8 Å². The van der Waals surface area contributed by atoms with Crippen LogP contribution in [0, 0.1) is 0 Å². The Morgan fingerprint density at radius 3 is 2.87 bits per heavy atom. The second-order valence-electron chi connectivity index (χ2n) is 5.19. The number of para-hydroxylation sites is 1. The molecule has 0 amide bonds. The SMILES string of the molecule is CCc1sc2cncn2c1C(O)c1cn(-c2ccccc2)nn1. The van der Waals surface area contributed by atoms with Crippen molar-refractivity contribution in [1.82, 2.24) is 24.4 Å². The molecule has 7 heteroatoms. The summed E-state index contributed by atoms with van der Waals surface area (Å²) >= 11 is 1.64. The summed E-state index contributed by atoms with van der Waals surface area (Å²) in [6, 6.07) is 9.72. The van der Waals surface area contributed by atoms with Gasteiger partial charge in [-0.25, -0.2) is 9.67 Å². The molecule has 3 aromatic heterocycles. The van der Waals surface area contributed by atoms with Gasteiger partial charge in [-0.2, -0.15) is 0 Å². The van der Waals surface area contributed by atoms with E-state index in [2.05, 4.69) is 22.2 Å². The summed E-state index contributed by atoms with van der Waals surface area (Å²) in [6.07, 6.45) is 5.32. The maximum absolute atomic E-state index is 10.8. The van der Waals surface area contributed by atoms with Crippen LogP contribution < -0.4 is 0 Å². The summed E-state index contributed by atoms with van der Waals surface area (Å²) in [6.45, 7) is 2.08. The summed E-state index contributed by atoms with van der Waals surface area (Å²) in [7, 11) is 0. The third-order valence-electron chi connectivity index (χ3n) is 3.77.